The van der Waals surface area contributed by atoms with Crippen molar-refractivity contribution in [2.45, 2.75) is 19.5 Å². The maximum Gasteiger partial charge on any atom is 0.138 e. The molecular weight excluding hydrogens is 352 g/mol. The van der Waals surface area contributed by atoms with Gasteiger partial charge in [-0.05, 0) is 43.3 Å². The predicted molar refractivity (Wildman–Crippen MR) is 95.4 cm³/mol. The lowest BCUT2D eigenvalue weighted by Gasteiger charge is -2.25. The van der Waals surface area contributed by atoms with E-state index < -0.39 is 0 Å². The Morgan fingerprint density at radius 2 is 1.87 bits per heavy atom. The molecule has 0 radical (unpaired) electrons. The number of nitrogens with zero attached hydrogens (tertiary/aromatic N) is 4. The molecule has 23 heavy (non-hydrogen) atoms. The van der Waals surface area contributed by atoms with Crippen LogP contribution < -0.4 is 0 Å². The standard InChI is InChI=1S/C18H19BrN4/c1-14(22(2)11-16-5-3-4-6-18(16)19)15-7-9-17(10-8-15)23-13-20-12-21-23/h3-10,12-14H,11H2,1-2H3. The van der Waals surface area contributed by atoms with Gasteiger partial charge in [0.15, 0.2) is 0 Å². The fourth-order valence-electron chi connectivity index (χ4n) is 2.53. The molecule has 0 amide bonds. The van der Waals surface area contributed by atoms with E-state index in [1.165, 1.54) is 11.1 Å². The van der Waals surface area contributed by atoms with Crippen molar-refractivity contribution in [1.82, 2.24) is 19.7 Å². The van der Waals surface area contributed by atoms with Gasteiger partial charge >= 0.3 is 0 Å². The maximum atomic E-state index is 4.15. The van der Waals surface area contributed by atoms with E-state index in [1.54, 1.807) is 17.3 Å². The second-order valence-electron chi connectivity index (χ2n) is 5.61. The lowest BCUT2D eigenvalue weighted by Crippen LogP contribution is -2.22. The molecule has 2 aromatic carbocycles. The molecule has 0 bridgehead atoms. The normalized spacial score (nSPS) is 12.5. The van der Waals surface area contributed by atoms with Gasteiger partial charge < -0.3 is 0 Å². The van der Waals surface area contributed by atoms with Gasteiger partial charge in [-0.3, -0.25) is 4.90 Å². The summed E-state index contributed by atoms with van der Waals surface area (Å²) in [6.07, 6.45) is 3.25. The van der Waals surface area contributed by atoms with Crippen LogP contribution in [0.3, 0.4) is 0 Å². The van der Waals surface area contributed by atoms with E-state index in [9.17, 15) is 0 Å². The van der Waals surface area contributed by atoms with Crippen LogP contribution in [0.15, 0.2) is 65.7 Å². The molecule has 0 N–H and O–H groups in total. The lowest BCUT2D eigenvalue weighted by molar-refractivity contribution is 0.252. The van der Waals surface area contributed by atoms with Crippen molar-refractivity contribution in [1.29, 1.82) is 0 Å². The molecule has 1 heterocycles. The van der Waals surface area contributed by atoms with Gasteiger partial charge in [0.05, 0.1) is 5.69 Å². The fraction of sp³-hybridized carbons (Fsp3) is 0.222. The SMILES string of the molecule is CC(c1ccc(-n2cncn2)cc1)N(C)Cc1ccccc1Br. The van der Waals surface area contributed by atoms with Gasteiger partial charge in [0.1, 0.15) is 12.7 Å². The van der Waals surface area contributed by atoms with Crippen molar-refractivity contribution in [2.75, 3.05) is 7.05 Å². The van der Waals surface area contributed by atoms with E-state index >= 15 is 0 Å². The molecular formula is C18H19BrN4. The monoisotopic (exact) mass is 370 g/mol. The second kappa shape index (κ2) is 7.06. The van der Waals surface area contributed by atoms with Crippen LogP contribution in [0.25, 0.3) is 5.69 Å². The first-order chi connectivity index (χ1) is 11.1. The van der Waals surface area contributed by atoms with E-state index in [1.807, 2.05) is 6.07 Å². The van der Waals surface area contributed by atoms with Crippen LogP contribution in [-0.2, 0) is 6.54 Å². The molecule has 1 unspecified atom stereocenters. The molecule has 0 fully saturated rings. The smallest absolute Gasteiger partial charge is 0.138 e. The predicted octanol–water partition coefficient (Wildman–Crippen LogP) is 4.22. The third kappa shape index (κ3) is 3.68. The Balaban J connectivity index is 1.72. The van der Waals surface area contributed by atoms with Crippen molar-refractivity contribution < 1.29 is 0 Å². The van der Waals surface area contributed by atoms with Crippen molar-refractivity contribution in [3.05, 3.63) is 76.8 Å². The van der Waals surface area contributed by atoms with Crippen LogP contribution in [0, 0.1) is 0 Å². The highest BCUT2D eigenvalue weighted by Gasteiger charge is 2.13. The van der Waals surface area contributed by atoms with Crippen molar-refractivity contribution in [3.8, 4) is 5.69 Å². The van der Waals surface area contributed by atoms with Crippen LogP contribution in [0.5, 0.6) is 0 Å². The highest BCUT2D eigenvalue weighted by molar-refractivity contribution is 9.10. The Hall–Kier alpha value is -1.98. The van der Waals surface area contributed by atoms with Crippen molar-refractivity contribution in [3.63, 3.8) is 0 Å². The summed E-state index contributed by atoms with van der Waals surface area (Å²) in [6, 6.07) is 17.1. The summed E-state index contributed by atoms with van der Waals surface area (Å²) in [5.74, 6) is 0. The molecule has 0 aliphatic rings. The third-order valence-corrected chi connectivity index (χ3v) is 4.87. The summed E-state index contributed by atoms with van der Waals surface area (Å²) in [7, 11) is 2.15. The number of benzene rings is 2. The summed E-state index contributed by atoms with van der Waals surface area (Å²) >= 11 is 3.62. The maximum absolute atomic E-state index is 4.15. The molecule has 0 saturated carbocycles. The van der Waals surface area contributed by atoms with E-state index in [-0.39, 0.29) is 0 Å². The van der Waals surface area contributed by atoms with E-state index in [0.717, 1.165) is 16.7 Å². The zero-order chi connectivity index (χ0) is 16.2. The number of hydrogen-bond acceptors (Lipinski definition) is 3. The topological polar surface area (TPSA) is 34.0 Å². The molecule has 0 aliphatic heterocycles. The largest absolute Gasteiger partial charge is 0.295 e. The fourth-order valence-corrected chi connectivity index (χ4v) is 2.94. The van der Waals surface area contributed by atoms with Crippen LogP contribution in [0.2, 0.25) is 0 Å². The van der Waals surface area contributed by atoms with Gasteiger partial charge in [0, 0.05) is 17.1 Å². The van der Waals surface area contributed by atoms with E-state index in [4.69, 9.17) is 0 Å². The molecule has 1 atom stereocenters. The van der Waals surface area contributed by atoms with Crippen LogP contribution in [0.1, 0.15) is 24.1 Å². The summed E-state index contributed by atoms with van der Waals surface area (Å²) in [6.45, 7) is 3.12. The minimum atomic E-state index is 0.326. The molecule has 4 nitrogen and oxygen atoms in total. The van der Waals surface area contributed by atoms with Gasteiger partial charge in [0.25, 0.3) is 0 Å². The number of hydrogen-bond donors (Lipinski definition) is 0. The Morgan fingerprint density at radius 3 is 2.52 bits per heavy atom. The van der Waals surface area contributed by atoms with Crippen LogP contribution in [0.4, 0.5) is 0 Å². The number of halogens is 1. The first-order valence-electron chi connectivity index (χ1n) is 7.54. The number of aromatic nitrogens is 3. The first kappa shape index (κ1) is 15.9. The third-order valence-electron chi connectivity index (χ3n) is 4.10. The van der Waals surface area contributed by atoms with Crippen LogP contribution in [-0.4, -0.2) is 26.7 Å². The van der Waals surface area contributed by atoms with E-state index in [0.29, 0.717) is 6.04 Å². The molecule has 0 spiro atoms. The van der Waals surface area contributed by atoms with Crippen molar-refractivity contribution in [2.24, 2.45) is 0 Å². The van der Waals surface area contributed by atoms with Gasteiger partial charge in [-0.2, -0.15) is 5.10 Å². The minimum absolute atomic E-state index is 0.326. The molecule has 3 rings (SSSR count). The molecule has 0 saturated heterocycles. The summed E-state index contributed by atoms with van der Waals surface area (Å²) < 4.78 is 2.92. The zero-order valence-corrected chi connectivity index (χ0v) is 14.8. The first-order valence-corrected chi connectivity index (χ1v) is 8.33. The molecule has 3 aromatic rings. The summed E-state index contributed by atoms with van der Waals surface area (Å²) in [4.78, 5) is 6.32. The molecule has 5 heteroatoms. The molecule has 118 valence electrons. The lowest BCUT2D eigenvalue weighted by atomic mass is 10.1. The quantitative estimate of drug-likeness (QED) is 0.673. The summed E-state index contributed by atoms with van der Waals surface area (Å²) in [5, 5.41) is 4.15. The van der Waals surface area contributed by atoms with E-state index in [2.05, 4.69) is 87.3 Å². The Bertz CT molecular complexity index is 753. The highest BCUT2D eigenvalue weighted by atomic mass is 79.9. The average molecular weight is 371 g/mol. The van der Waals surface area contributed by atoms with Gasteiger partial charge in [-0.15, -0.1) is 0 Å². The Kier molecular flexibility index (Phi) is 4.88. The Labute approximate surface area is 144 Å². The van der Waals surface area contributed by atoms with Crippen molar-refractivity contribution >= 4 is 15.9 Å². The minimum Gasteiger partial charge on any atom is -0.295 e. The average Bonchev–Trinajstić information content (AvgIpc) is 3.11. The number of rotatable bonds is 5. The Morgan fingerprint density at radius 1 is 1.13 bits per heavy atom. The zero-order valence-electron chi connectivity index (χ0n) is 13.2. The van der Waals surface area contributed by atoms with Gasteiger partial charge in [0.2, 0.25) is 0 Å². The second-order valence-corrected chi connectivity index (χ2v) is 6.47. The van der Waals surface area contributed by atoms with Gasteiger partial charge in [-0.1, -0.05) is 46.3 Å². The van der Waals surface area contributed by atoms with Crippen LogP contribution >= 0.6 is 15.9 Å². The highest BCUT2D eigenvalue weighted by Crippen LogP contribution is 2.24. The van der Waals surface area contributed by atoms with Gasteiger partial charge in [-0.25, -0.2) is 9.67 Å². The molecule has 0 aliphatic carbocycles. The molecule has 1 aromatic heterocycles. The summed E-state index contributed by atoms with van der Waals surface area (Å²) in [5.41, 5.74) is 3.59.